The zero-order valence-corrected chi connectivity index (χ0v) is 21.6. The molecule has 0 bridgehead atoms. The Kier molecular flexibility index (Phi) is 7.41. The molecule has 0 unspecified atom stereocenters. The summed E-state index contributed by atoms with van der Waals surface area (Å²) < 4.78 is 42.3. The molecule has 0 aliphatic carbocycles. The summed E-state index contributed by atoms with van der Waals surface area (Å²) in [5.74, 6) is 0.113. The van der Waals surface area contributed by atoms with E-state index in [1.165, 1.54) is 57.7 Å². The molecule has 37 heavy (non-hydrogen) atoms. The van der Waals surface area contributed by atoms with Gasteiger partial charge in [-0.25, -0.2) is 8.42 Å². The van der Waals surface area contributed by atoms with Crippen LogP contribution in [0.25, 0.3) is 6.08 Å². The van der Waals surface area contributed by atoms with Crippen LogP contribution in [0.5, 0.6) is 17.2 Å². The number of sulfone groups is 1. The molecule has 0 saturated heterocycles. The first kappa shape index (κ1) is 26.0. The van der Waals surface area contributed by atoms with Gasteiger partial charge in [0.2, 0.25) is 0 Å². The van der Waals surface area contributed by atoms with E-state index in [0.29, 0.717) is 33.2 Å². The number of nitrogens with one attached hydrogen (secondary N) is 1. The van der Waals surface area contributed by atoms with Gasteiger partial charge in [0.1, 0.15) is 11.5 Å². The molecule has 1 heterocycles. The highest BCUT2D eigenvalue weighted by atomic mass is 32.2. The molecule has 0 saturated carbocycles. The third-order valence-electron chi connectivity index (χ3n) is 5.57. The molecule has 0 radical (unpaired) electrons. The Morgan fingerprint density at radius 1 is 0.973 bits per heavy atom. The van der Waals surface area contributed by atoms with Gasteiger partial charge in [-0.2, -0.15) is 0 Å². The second kappa shape index (κ2) is 10.5. The molecule has 1 aliphatic heterocycles. The number of ether oxygens (including phenoxy) is 3. The molecule has 0 fully saturated rings. The van der Waals surface area contributed by atoms with Crippen LogP contribution in [0.4, 0.5) is 11.4 Å². The van der Waals surface area contributed by atoms with Crippen LogP contribution in [-0.4, -0.2) is 40.6 Å². The first-order chi connectivity index (χ1) is 17.7. The maximum absolute atomic E-state index is 13.3. The van der Waals surface area contributed by atoms with E-state index in [2.05, 4.69) is 5.32 Å². The van der Waals surface area contributed by atoms with E-state index in [0.717, 1.165) is 11.8 Å². The monoisotopic (exact) mass is 542 g/mol. The summed E-state index contributed by atoms with van der Waals surface area (Å²) in [7, 11) is 0.417. The van der Waals surface area contributed by atoms with Gasteiger partial charge in [-0.3, -0.25) is 14.9 Å². The minimum atomic E-state index is -3.82. The number of hydrogen-bond acceptors (Lipinski definition) is 9. The second-order valence-corrected chi connectivity index (χ2v) is 10.9. The lowest BCUT2D eigenvalue weighted by Gasteiger charge is -2.20. The number of anilines is 1. The van der Waals surface area contributed by atoms with Crippen molar-refractivity contribution in [2.24, 2.45) is 0 Å². The molecule has 10 nitrogen and oxygen atoms in total. The number of amides is 1. The minimum absolute atomic E-state index is 0.0577. The Morgan fingerprint density at radius 2 is 1.65 bits per heavy atom. The molecular weight excluding hydrogens is 520 g/mol. The zero-order chi connectivity index (χ0) is 26.7. The summed E-state index contributed by atoms with van der Waals surface area (Å²) in [6.07, 6.45) is 1.50. The maximum atomic E-state index is 13.3. The summed E-state index contributed by atoms with van der Waals surface area (Å²) in [5, 5.41) is 14.1. The molecule has 4 rings (SSSR count). The fourth-order valence-corrected chi connectivity index (χ4v) is 6.23. The average molecular weight is 543 g/mol. The van der Waals surface area contributed by atoms with Gasteiger partial charge in [0.05, 0.1) is 53.1 Å². The minimum Gasteiger partial charge on any atom is -0.496 e. The van der Waals surface area contributed by atoms with E-state index in [9.17, 15) is 23.3 Å². The van der Waals surface area contributed by atoms with E-state index in [4.69, 9.17) is 14.2 Å². The zero-order valence-electron chi connectivity index (χ0n) is 20.0. The number of nitrogens with zero attached hydrogens (tertiary/aromatic N) is 1. The van der Waals surface area contributed by atoms with Crippen molar-refractivity contribution in [3.05, 3.63) is 80.7 Å². The van der Waals surface area contributed by atoms with Crippen LogP contribution in [0, 0.1) is 10.1 Å². The van der Waals surface area contributed by atoms with Crippen LogP contribution >= 0.6 is 11.8 Å². The SMILES string of the molecule is COc1ccc(/C=C2\Sc3cc(S(=O)(=O)Cc4c(OC)cccc4OC)ccc3NC2=O)cc1[N+](=O)[O-]. The Morgan fingerprint density at radius 3 is 2.27 bits per heavy atom. The highest BCUT2D eigenvalue weighted by Crippen LogP contribution is 2.41. The summed E-state index contributed by atoms with van der Waals surface area (Å²) in [6.45, 7) is 0. The molecular formula is C25H22N2O8S2. The number of methoxy groups -OCH3 is 3. The second-order valence-electron chi connectivity index (χ2n) is 7.81. The van der Waals surface area contributed by atoms with Crippen molar-refractivity contribution >= 4 is 45.0 Å². The lowest BCUT2D eigenvalue weighted by Crippen LogP contribution is -2.18. The van der Waals surface area contributed by atoms with Crippen molar-refractivity contribution in [2.45, 2.75) is 15.5 Å². The van der Waals surface area contributed by atoms with Crippen LogP contribution in [0.15, 0.2) is 69.3 Å². The lowest BCUT2D eigenvalue weighted by molar-refractivity contribution is -0.385. The molecule has 3 aromatic carbocycles. The van der Waals surface area contributed by atoms with Gasteiger partial charge < -0.3 is 19.5 Å². The number of thioether (sulfide) groups is 1. The van der Waals surface area contributed by atoms with Gasteiger partial charge in [0, 0.05) is 11.0 Å². The Balaban J connectivity index is 1.67. The van der Waals surface area contributed by atoms with Gasteiger partial charge in [-0.1, -0.05) is 23.9 Å². The van der Waals surface area contributed by atoms with Crippen LogP contribution < -0.4 is 19.5 Å². The summed E-state index contributed by atoms with van der Waals surface area (Å²) in [5.41, 5.74) is 1.04. The van der Waals surface area contributed by atoms with E-state index in [1.54, 1.807) is 24.3 Å². The standard InChI is InChI=1S/C25H22N2O8S2/c1-33-20-5-4-6-21(34-2)17(20)14-37(31,32)16-8-9-18-23(13-16)36-24(25(28)26-18)12-15-7-10-22(35-3)19(11-15)27(29)30/h4-13H,14H2,1-3H3,(H,26,28)/b24-12-. The van der Waals surface area contributed by atoms with Gasteiger partial charge in [-0.05, 0) is 48.0 Å². The maximum Gasteiger partial charge on any atom is 0.311 e. The van der Waals surface area contributed by atoms with Gasteiger partial charge >= 0.3 is 5.69 Å². The molecule has 12 heteroatoms. The highest BCUT2D eigenvalue weighted by molar-refractivity contribution is 8.04. The third-order valence-corrected chi connectivity index (χ3v) is 8.29. The predicted octanol–water partition coefficient (Wildman–Crippen LogP) is 4.68. The number of nitro benzene ring substituents is 1. The third kappa shape index (κ3) is 5.39. The van der Waals surface area contributed by atoms with Crippen LogP contribution in [0.2, 0.25) is 0 Å². The number of hydrogen-bond donors (Lipinski definition) is 1. The van der Waals surface area contributed by atoms with Crippen LogP contribution in [-0.2, 0) is 20.4 Å². The van der Waals surface area contributed by atoms with Crippen molar-refractivity contribution in [3.63, 3.8) is 0 Å². The number of benzene rings is 3. The summed E-state index contributed by atoms with van der Waals surface area (Å²) in [6, 6.07) is 13.8. The molecule has 1 amide bonds. The van der Waals surface area contributed by atoms with E-state index in [1.807, 2.05) is 0 Å². The smallest absolute Gasteiger partial charge is 0.311 e. The Bertz CT molecular complexity index is 1510. The summed E-state index contributed by atoms with van der Waals surface area (Å²) >= 11 is 1.07. The number of carbonyl (C=O) groups excluding carboxylic acids is 1. The van der Waals surface area contributed by atoms with Crippen molar-refractivity contribution in [1.29, 1.82) is 0 Å². The van der Waals surface area contributed by atoms with Gasteiger partial charge in [0.25, 0.3) is 5.91 Å². The number of rotatable bonds is 8. The fraction of sp³-hybridized carbons (Fsp3) is 0.160. The largest absolute Gasteiger partial charge is 0.496 e. The first-order valence-electron chi connectivity index (χ1n) is 10.8. The predicted molar refractivity (Wildman–Crippen MR) is 139 cm³/mol. The van der Waals surface area contributed by atoms with Crippen molar-refractivity contribution in [2.75, 3.05) is 26.6 Å². The molecule has 0 spiro atoms. The molecule has 192 valence electrons. The normalized spacial score (nSPS) is 14.0. The van der Waals surface area contributed by atoms with E-state index < -0.39 is 20.7 Å². The van der Waals surface area contributed by atoms with E-state index in [-0.39, 0.29) is 27.0 Å². The Hall–Kier alpha value is -4.03. The van der Waals surface area contributed by atoms with Gasteiger partial charge in [0.15, 0.2) is 15.6 Å². The van der Waals surface area contributed by atoms with Crippen molar-refractivity contribution in [3.8, 4) is 17.2 Å². The van der Waals surface area contributed by atoms with Crippen LogP contribution in [0.3, 0.4) is 0 Å². The molecule has 3 aromatic rings. The molecule has 1 N–H and O–H groups in total. The summed E-state index contributed by atoms with van der Waals surface area (Å²) in [4.78, 5) is 24.3. The molecule has 1 aliphatic rings. The van der Waals surface area contributed by atoms with E-state index >= 15 is 0 Å². The van der Waals surface area contributed by atoms with Crippen LogP contribution in [0.1, 0.15) is 11.1 Å². The molecule has 0 aromatic heterocycles. The van der Waals surface area contributed by atoms with Crippen molar-refractivity contribution < 1.29 is 32.3 Å². The molecule has 0 atom stereocenters. The average Bonchev–Trinajstić information content (AvgIpc) is 2.88. The number of carbonyl (C=O) groups is 1. The fourth-order valence-electron chi connectivity index (χ4n) is 3.76. The van der Waals surface area contributed by atoms with Gasteiger partial charge in [-0.15, -0.1) is 0 Å². The highest BCUT2D eigenvalue weighted by Gasteiger charge is 2.26. The topological polar surface area (TPSA) is 134 Å². The Labute approximate surface area is 217 Å². The quantitative estimate of drug-likeness (QED) is 0.245. The number of nitro groups is 1. The lowest BCUT2D eigenvalue weighted by atomic mass is 10.1. The first-order valence-corrected chi connectivity index (χ1v) is 13.2. The number of fused-ring (bicyclic) bond motifs is 1. The van der Waals surface area contributed by atoms with Crippen molar-refractivity contribution in [1.82, 2.24) is 0 Å².